The highest BCUT2D eigenvalue weighted by atomic mass is 19.3. The molecule has 1 amide bonds. The summed E-state index contributed by atoms with van der Waals surface area (Å²) < 4.78 is 24.0. The van der Waals surface area contributed by atoms with Crippen LogP contribution in [0.3, 0.4) is 0 Å². The molecule has 0 spiro atoms. The Kier molecular flexibility index (Phi) is 4.87. The SMILES string of the molecule is CCNc1cc(C)ccc1C(=O)NCC(F)F. The van der Waals surface area contributed by atoms with Crippen molar-refractivity contribution < 1.29 is 13.6 Å². The van der Waals surface area contributed by atoms with Gasteiger partial charge in [0.1, 0.15) is 0 Å². The molecule has 3 nitrogen and oxygen atoms in total. The fourth-order valence-corrected chi connectivity index (χ4v) is 1.46. The largest absolute Gasteiger partial charge is 0.385 e. The van der Waals surface area contributed by atoms with Crippen LogP contribution in [0.4, 0.5) is 14.5 Å². The van der Waals surface area contributed by atoms with Crippen molar-refractivity contribution in [3.05, 3.63) is 29.3 Å². The van der Waals surface area contributed by atoms with Gasteiger partial charge in [-0.05, 0) is 31.5 Å². The second-order valence-electron chi connectivity index (χ2n) is 3.68. The maximum Gasteiger partial charge on any atom is 0.255 e. The molecule has 0 aromatic heterocycles. The van der Waals surface area contributed by atoms with Crippen LogP contribution in [-0.4, -0.2) is 25.4 Å². The Morgan fingerprint density at radius 1 is 1.41 bits per heavy atom. The van der Waals surface area contributed by atoms with Crippen LogP contribution in [0.2, 0.25) is 0 Å². The molecule has 94 valence electrons. The average Bonchev–Trinajstić information content (AvgIpc) is 2.26. The topological polar surface area (TPSA) is 41.1 Å². The Labute approximate surface area is 99.2 Å². The summed E-state index contributed by atoms with van der Waals surface area (Å²) in [6.45, 7) is 3.85. The minimum Gasteiger partial charge on any atom is -0.385 e. The number of rotatable bonds is 5. The smallest absolute Gasteiger partial charge is 0.255 e. The van der Waals surface area contributed by atoms with E-state index in [2.05, 4.69) is 10.6 Å². The predicted molar refractivity (Wildman–Crippen MR) is 63.7 cm³/mol. The number of hydrogen-bond acceptors (Lipinski definition) is 2. The zero-order valence-corrected chi connectivity index (χ0v) is 9.89. The molecule has 0 fully saturated rings. The molecule has 0 atom stereocenters. The first-order chi connectivity index (χ1) is 8.04. The summed E-state index contributed by atoms with van der Waals surface area (Å²) in [5.41, 5.74) is 2.06. The summed E-state index contributed by atoms with van der Waals surface area (Å²) in [6, 6.07) is 5.23. The highest BCUT2D eigenvalue weighted by Gasteiger charge is 2.12. The number of amides is 1. The van der Waals surface area contributed by atoms with Crippen molar-refractivity contribution in [3.63, 3.8) is 0 Å². The fraction of sp³-hybridized carbons (Fsp3) is 0.417. The van der Waals surface area contributed by atoms with Gasteiger partial charge in [-0.3, -0.25) is 4.79 Å². The Morgan fingerprint density at radius 2 is 2.12 bits per heavy atom. The van der Waals surface area contributed by atoms with Crippen LogP contribution < -0.4 is 10.6 Å². The van der Waals surface area contributed by atoms with Gasteiger partial charge < -0.3 is 10.6 Å². The first-order valence-electron chi connectivity index (χ1n) is 5.45. The number of alkyl halides is 2. The molecule has 0 radical (unpaired) electrons. The Morgan fingerprint density at radius 3 is 2.71 bits per heavy atom. The monoisotopic (exact) mass is 242 g/mol. The van der Waals surface area contributed by atoms with Crippen LogP contribution in [0, 0.1) is 6.92 Å². The molecular weight excluding hydrogens is 226 g/mol. The van der Waals surface area contributed by atoms with Crippen molar-refractivity contribution in [1.82, 2.24) is 5.32 Å². The van der Waals surface area contributed by atoms with Crippen LogP contribution in [-0.2, 0) is 0 Å². The molecule has 0 bridgehead atoms. The number of anilines is 1. The lowest BCUT2D eigenvalue weighted by molar-refractivity contribution is 0.0892. The van der Waals surface area contributed by atoms with Gasteiger partial charge in [-0.2, -0.15) is 0 Å². The molecule has 0 heterocycles. The van der Waals surface area contributed by atoms with E-state index in [1.165, 1.54) is 0 Å². The Bertz CT molecular complexity index is 394. The molecule has 0 aliphatic rings. The molecule has 1 aromatic carbocycles. The van der Waals surface area contributed by atoms with Gasteiger partial charge in [0.15, 0.2) is 0 Å². The summed E-state index contributed by atoms with van der Waals surface area (Å²) in [5, 5.41) is 5.22. The van der Waals surface area contributed by atoms with Crippen LogP contribution >= 0.6 is 0 Å². The normalized spacial score (nSPS) is 10.4. The van der Waals surface area contributed by atoms with Crippen molar-refractivity contribution in [2.24, 2.45) is 0 Å². The second-order valence-corrected chi connectivity index (χ2v) is 3.68. The number of nitrogens with one attached hydrogen (secondary N) is 2. The van der Waals surface area contributed by atoms with E-state index in [0.717, 1.165) is 5.56 Å². The summed E-state index contributed by atoms with van der Waals surface area (Å²) in [4.78, 5) is 11.7. The van der Waals surface area contributed by atoms with E-state index >= 15 is 0 Å². The number of benzene rings is 1. The molecule has 1 rings (SSSR count). The zero-order valence-electron chi connectivity index (χ0n) is 9.89. The lowest BCUT2D eigenvalue weighted by Gasteiger charge is -2.11. The predicted octanol–water partition coefficient (Wildman–Crippen LogP) is 2.42. The first kappa shape index (κ1) is 13.4. The van der Waals surface area contributed by atoms with E-state index in [4.69, 9.17) is 0 Å². The lowest BCUT2D eigenvalue weighted by atomic mass is 10.1. The highest BCUT2D eigenvalue weighted by Crippen LogP contribution is 2.17. The quantitative estimate of drug-likeness (QED) is 0.832. The molecular formula is C12H16F2N2O. The van der Waals surface area contributed by atoms with Gasteiger partial charge in [0.05, 0.1) is 12.1 Å². The van der Waals surface area contributed by atoms with Crippen LogP contribution in [0.5, 0.6) is 0 Å². The van der Waals surface area contributed by atoms with Crippen molar-refractivity contribution in [2.45, 2.75) is 20.3 Å². The van der Waals surface area contributed by atoms with Gasteiger partial charge in [0.2, 0.25) is 0 Å². The Balaban J connectivity index is 2.84. The van der Waals surface area contributed by atoms with E-state index in [0.29, 0.717) is 17.8 Å². The molecule has 2 N–H and O–H groups in total. The van der Waals surface area contributed by atoms with Crippen molar-refractivity contribution in [1.29, 1.82) is 0 Å². The summed E-state index contributed by atoms with van der Waals surface area (Å²) in [6.07, 6.45) is -2.54. The molecule has 5 heteroatoms. The zero-order chi connectivity index (χ0) is 12.8. The third-order valence-electron chi connectivity index (χ3n) is 2.20. The van der Waals surface area contributed by atoms with E-state index in [9.17, 15) is 13.6 Å². The molecule has 0 aliphatic carbocycles. The number of carbonyl (C=O) groups is 1. The van der Waals surface area contributed by atoms with Gasteiger partial charge in [-0.15, -0.1) is 0 Å². The van der Waals surface area contributed by atoms with E-state index in [1.54, 1.807) is 12.1 Å². The van der Waals surface area contributed by atoms with Gasteiger partial charge in [-0.25, -0.2) is 8.78 Å². The van der Waals surface area contributed by atoms with E-state index < -0.39 is 18.9 Å². The van der Waals surface area contributed by atoms with Crippen molar-refractivity contribution in [2.75, 3.05) is 18.4 Å². The maximum absolute atomic E-state index is 12.0. The molecule has 1 aromatic rings. The van der Waals surface area contributed by atoms with Crippen LogP contribution in [0.25, 0.3) is 0 Å². The van der Waals surface area contributed by atoms with E-state index in [-0.39, 0.29) is 0 Å². The number of aryl methyl sites for hydroxylation is 1. The summed E-state index contributed by atoms with van der Waals surface area (Å²) in [5.74, 6) is -0.485. The minimum absolute atomic E-state index is 0.387. The van der Waals surface area contributed by atoms with Crippen molar-refractivity contribution in [3.8, 4) is 0 Å². The number of carbonyl (C=O) groups excluding carboxylic acids is 1. The van der Waals surface area contributed by atoms with Gasteiger partial charge >= 0.3 is 0 Å². The number of hydrogen-bond donors (Lipinski definition) is 2. The highest BCUT2D eigenvalue weighted by molar-refractivity contribution is 5.99. The van der Waals surface area contributed by atoms with Crippen LogP contribution in [0.1, 0.15) is 22.8 Å². The standard InChI is InChI=1S/C12H16F2N2O/c1-3-15-10-6-8(2)4-5-9(10)12(17)16-7-11(13)14/h4-6,11,15H,3,7H2,1-2H3,(H,16,17). The fourth-order valence-electron chi connectivity index (χ4n) is 1.46. The number of halogens is 2. The molecule has 0 saturated carbocycles. The maximum atomic E-state index is 12.0. The Hall–Kier alpha value is -1.65. The molecule has 0 unspecified atom stereocenters. The molecule has 0 aliphatic heterocycles. The third-order valence-corrected chi connectivity index (χ3v) is 2.20. The van der Waals surface area contributed by atoms with Crippen LogP contribution in [0.15, 0.2) is 18.2 Å². The van der Waals surface area contributed by atoms with Gasteiger partial charge in [-0.1, -0.05) is 6.07 Å². The third kappa shape index (κ3) is 4.01. The minimum atomic E-state index is -2.54. The molecule has 17 heavy (non-hydrogen) atoms. The second kappa shape index (κ2) is 6.18. The first-order valence-corrected chi connectivity index (χ1v) is 5.45. The van der Waals surface area contributed by atoms with Gasteiger partial charge in [0, 0.05) is 12.2 Å². The van der Waals surface area contributed by atoms with E-state index in [1.807, 2.05) is 19.9 Å². The van der Waals surface area contributed by atoms with Crippen molar-refractivity contribution >= 4 is 11.6 Å². The lowest BCUT2D eigenvalue weighted by Crippen LogP contribution is -2.29. The molecule has 0 saturated heterocycles. The summed E-state index contributed by atoms with van der Waals surface area (Å²) in [7, 11) is 0. The van der Waals surface area contributed by atoms with Gasteiger partial charge in [0.25, 0.3) is 12.3 Å². The summed E-state index contributed by atoms with van der Waals surface area (Å²) >= 11 is 0. The average molecular weight is 242 g/mol.